The van der Waals surface area contributed by atoms with Crippen LogP contribution in [-0.4, -0.2) is 59.9 Å². The molecule has 0 spiro atoms. The monoisotopic (exact) mass is 202 g/mol. The van der Waals surface area contributed by atoms with E-state index in [0.29, 0.717) is 0 Å². The summed E-state index contributed by atoms with van der Waals surface area (Å²) >= 11 is 0. The fourth-order valence-electron chi connectivity index (χ4n) is 0.946. The molecule has 2 N–H and O–H groups in total. The van der Waals surface area contributed by atoms with Gasteiger partial charge in [0.15, 0.2) is 5.41 Å². The number of aliphatic carboxylic acids is 2. The summed E-state index contributed by atoms with van der Waals surface area (Å²) in [5.74, 6) is -2.51. The van der Waals surface area contributed by atoms with E-state index in [0.717, 1.165) is 0 Å². The van der Waals surface area contributed by atoms with E-state index in [1.54, 1.807) is 13.8 Å². The number of rotatable bonds is 4. The summed E-state index contributed by atoms with van der Waals surface area (Å²) < 4.78 is 0. The summed E-state index contributed by atoms with van der Waals surface area (Å²) in [6.07, 6.45) is 0.238. The van der Waals surface area contributed by atoms with Crippen LogP contribution in [0, 0.1) is 5.41 Å². The summed E-state index contributed by atoms with van der Waals surface area (Å²) in [5.41, 5.74) is -1.58. The second-order valence-electron chi connectivity index (χ2n) is 2.40. The van der Waals surface area contributed by atoms with Crippen molar-refractivity contribution in [3.63, 3.8) is 0 Å². The third-order valence-electron chi connectivity index (χ3n) is 2.03. The number of hydrogen-bond acceptors (Lipinski definition) is 2. The van der Waals surface area contributed by atoms with E-state index in [4.69, 9.17) is 10.2 Å². The van der Waals surface area contributed by atoms with E-state index in [2.05, 4.69) is 0 Å². The molecule has 0 aromatic rings. The maximum atomic E-state index is 10.5. The molecule has 0 fully saturated rings. The molecule has 0 heterocycles. The van der Waals surface area contributed by atoms with Crippen LogP contribution < -0.4 is 0 Å². The van der Waals surface area contributed by atoms with Crippen LogP contribution in [0.1, 0.15) is 26.7 Å². The molecule has 0 radical (unpaired) electrons. The Labute approximate surface area is 101 Å². The standard InChI is InChI=1S/C7H12O4.Ca.2H/c1-3-7(4-2,5(8)9)6(10)11;;;/h3-4H2,1-2H3,(H,8,9)(H,10,11);;;. The normalized spacial score (nSPS) is 10.2. The molecule has 5 heteroatoms. The van der Waals surface area contributed by atoms with E-state index in [9.17, 15) is 9.59 Å². The van der Waals surface area contributed by atoms with Crippen molar-refractivity contribution in [3.05, 3.63) is 0 Å². The van der Waals surface area contributed by atoms with Gasteiger partial charge in [-0.05, 0) is 12.8 Å². The van der Waals surface area contributed by atoms with E-state index in [-0.39, 0.29) is 50.6 Å². The quantitative estimate of drug-likeness (QED) is 0.499. The third kappa shape index (κ3) is 2.61. The van der Waals surface area contributed by atoms with Crippen molar-refractivity contribution in [2.75, 3.05) is 0 Å². The number of hydrogen-bond donors (Lipinski definition) is 2. The molecule has 0 amide bonds. The van der Waals surface area contributed by atoms with E-state index >= 15 is 0 Å². The van der Waals surface area contributed by atoms with Crippen molar-refractivity contribution in [3.8, 4) is 0 Å². The summed E-state index contributed by atoms with van der Waals surface area (Å²) in [5, 5.41) is 17.2. The molecular weight excluding hydrogens is 188 g/mol. The Morgan fingerprint density at radius 1 is 1.08 bits per heavy atom. The zero-order valence-corrected chi connectivity index (χ0v) is 6.63. The van der Waals surface area contributed by atoms with Crippen LogP contribution in [0.3, 0.4) is 0 Å². The van der Waals surface area contributed by atoms with Crippen molar-refractivity contribution in [2.24, 2.45) is 5.41 Å². The second-order valence-corrected chi connectivity index (χ2v) is 2.40. The zero-order valence-electron chi connectivity index (χ0n) is 6.63. The van der Waals surface area contributed by atoms with Gasteiger partial charge in [-0.3, -0.25) is 9.59 Å². The zero-order chi connectivity index (χ0) is 9.07. The van der Waals surface area contributed by atoms with Gasteiger partial charge in [0.1, 0.15) is 0 Å². The van der Waals surface area contributed by atoms with Crippen LogP contribution in [-0.2, 0) is 9.59 Å². The van der Waals surface area contributed by atoms with Gasteiger partial charge in [-0.1, -0.05) is 13.8 Å². The molecule has 4 nitrogen and oxygen atoms in total. The van der Waals surface area contributed by atoms with E-state index in [1.165, 1.54) is 0 Å². The minimum atomic E-state index is -1.58. The van der Waals surface area contributed by atoms with Gasteiger partial charge in [0.2, 0.25) is 0 Å². The first-order chi connectivity index (χ1) is 5.01. The van der Waals surface area contributed by atoms with Gasteiger partial charge in [0, 0.05) is 0 Å². The van der Waals surface area contributed by atoms with Crippen LogP contribution in [0.2, 0.25) is 0 Å². The van der Waals surface area contributed by atoms with Crippen molar-refractivity contribution in [1.82, 2.24) is 0 Å². The molecule has 0 aromatic heterocycles. The second kappa shape index (κ2) is 5.78. The van der Waals surface area contributed by atoms with E-state index < -0.39 is 17.4 Å². The third-order valence-corrected chi connectivity index (χ3v) is 2.03. The molecule has 0 bridgehead atoms. The molecule has 0 unspecified atom stereocenters. The summed E-state index contributed by atoms with van der Waals surface area (Å²) in [4.78, 5) is 21.1. The fourth-order valence-corrected chi connectivity index (χ4v) is 0.946. The summed E-state index contributed by atoms with van der Waals surface area (Å²) in [6.45, 7) is 3.12. The SMILES string of the molecule is CCC(CC)(C(=O)O)C(=O)O.[CaH2]. The van der Waals surface area contributed by atoms with Gasteiger partial charge < -0.3 is 10.2 Å². The van der Waals surface area contributed by atoms with Crippen molar-refractivity contribution in [2.45, 2.75) is 26.7 Å². The molecule has 0 aliphatic heterocycles. The molecule has 0 saturated carbocycles. The maximum absolute atomic E-state index is 10.5. The Bertz CT molecular complexity index is 158. The van der Waals surface area contributed by atoms with Crippen LogP contribution in [0.4, 0.5) is 0 Å². The first kappa shape index (κ1) is 14.7. The molecule has 12 heavy (non-hydrogen) atoms. The molecule has 0 rings (SSSR count). The predicted molar refractivity (Wildman–Crippen MR) is 46.8 cm³/mol. The Morgan fingerprint density at radius 3 is 1.33 bits per heavy atom. The van der Waals surface area contributed by atoms with Crippen LogP contribution in [0.5, 0.6) is 0 Å². The molecule has 0 saturated heterocycles. The van der Waals surface area contributed by atoms with Crippen molar-refractivity contribution < 1.29 is 19.8 Å². The molecule has 0 atom stereocenters. The Kier molecular flexibility index (Phi) is 7.08. The minimum absolute atomic E-state index is 0. The Balaban J connectivity index is 0. The van der Waals surface area contributed by atoms with Crippen molar-refractivity contribution in [1.29, 1.82) is 0 Å². The average molecular weight is 202 g/mol. The van der Waals surface area contributed by atoms with Gasteiger partial charge >= 0.3 is 49.7 Å². The fraction of sp³-hybridized carbons (Fsp3) is 0.714. The van der Waals surface area contributed by atoms with Gasteiger partial charge in [0.25, 0.3) is 0 Å². The number of carboxylic acids is 2. The van der Waals surface area contributed by atoms with Gasteiger partial charge in [0.05, 0.1) is 0 Å². The van der Waals surface area contributed by atoms with E-state index in [1.807, 2.05) is 0 Å². The number of carbonyl (C=O) groups is 2. The van der Waals surface area contributed by atoms with Gasteiger partial charge in [-0.2, -0.15) is 0 Å². The van der Waals surface area contributed by atoms with Gasteiger partial charge in [-0.15, -0.1) is 0 Å². The topological polar surface area (TPSA) is 74.6 Å². The summed E-state index contributed by atoms with van der Waals surface area (Å²) in [7, 11) is 0. The van der Waals surface area contributed by atoms with Crippen molar-refractivity contribution >= 4 is 49.7 Å². The molecule has 0 aliphatic carbocycles. The summed E-state index contributed by atoms with van der Waals surface area (Å²) in [6, 6.07) is 0. The molecule has 0 aliphatic rings. The predicted octanol–water partition coefficient (Wildman–Crippen LogP) is 0.0458. The molecule has 0 aromatic carbocycles. The van der Waals surface area contributed by atoms with Gasteiger partial charge in [-0.25, -0.2) is 0 Å². The van der Waals surface area contributed by atoms with Crippen LogP contribution in [0.25, 0.3) is 0 Å². The molecular formula is C7H14CaO4. The first-order valence-electron chi connectivity index (χ1n) is 3.48. The Hall–Kier alpha value is 0.200. The Morgan fingerprint density at radius 2 is 1.33 bits per heavy atom. The van der Waals surface area contributed by atoms with Crippen LogP contribution in [0.15, 0.2) is 0 Å². The first-order valence-corrected chi connectivity index (χ1v) is 3.48. The van der Waals surface area contributed by atoms with Crippen LogP contribution >= 0.6 is 0 Å². The average Bonchev–Trinajstić information content (AvgIpc) is 1.90. The molecule has 68 valence electrons. The number of carboxylic acid groups (broad SMARTS) is 2.